The quantitative estimate of drug-likeness (QED) is 0.653. The van der Waals surface area contributed by atoms with Crippen LogP contribution < -0.4 is 5.32 Å². The third kappa shape index (κ3) is 3.71. The molecule has 1 aromatic heterocycles. The van der Waals surface area contributed by atoms with Crippen molar-refractivity contribution in [3.8, 4) is 0 Å². The summed E-state index contributed by atoms with van der Waals surface area (Å²) in [4.78, 5) is 7.43. The Kier molecular flexibility index (Phi) is 3.82. The van der Waals surface area contributed by atoms with Crippen molar-refractivity contribution in [2.45, 2.75) is 6.18 Å². The summed E-state index contributed by atoms with van der Waals surface area (Å²) in [6.45, 7) is 0. The van der Waals surface area contributed by atoms with Crippen LogP contribution in [0.4, 0.5) is 24.7 Å². The van der Waals surface area contributed by atoms with Crippen molar-refractivity contribution < 1.29 is 13.2 Å². The second kappa shape index (κ2) is 5.22. The minimum atomic E-state index is -4.40. The first-order chi connectivity index (χ1) is 8.84. The number of benzene rings is 1. The van der Waals surface area contributed by atoms with Crippen LogP contribution in [0.1, 0.15) is 5.56 Å². The summed E-state index contributed by atoms with van der Waals surface area (Å²) in [6, 6.07) is 6.05. The van der Waals surface area contributed by atoms with E-state index in [9.17, 15) is 13.2 Å². The fourth-order valence-electron chi connectivity index (χ4n) is 1.38. The van der Waals surface area contributed by atoms with Crippen LogP contribution >= 0.6 is 23.2 Å². The van der Waals surface area contributed by atoms with Gasteiger partial charge in [-0.05, 0) is 29.8 Å². The largest absolute Gasteiger partial charge is 0.416 e. The molecule has 8 heteroatoms. The average Bonchev–Trinajstić information content (AvgIpc) is 2.26. The van der Waals surface area contributed by atoms with E-state index in [0.717, 1.165) is 12.1 Å². The van der Waals surface area contributed by atoms with Crippen LogP contribution in [0.2, 0.25) is 10.4 Å². The van der Waals surface area contributed by atoms with Gasteiger partial charge in [0.25, 0.3) is 0 Å². The molecule has 0 spiro atoms. The van der Waals surface area contributed by atoms with Crippen LogP contribution in [0.25, 0.3) is 0 Å². The number of alkyl halides is 3. The van der Waals surface area contributed by atoms with E-state index in [2.05, 4.69) is 15.3 Å². The highest BCUT2D eigenvalue weighted by molar-refractivity contribution is 6.32. The lowest BCUT2D eigenvalue weighted by Crippen LogP contribution is -2.05. The molecular weight excluding hydrogens is 302 g/mol. The first-order valence-corrected chi connectivity index (χ1v) is 5.74. The van der Waals surface area contributed by atoms with Crippen molar-refractivity contribution >= 4 is 34.7 Å². The maximum Gasteiger partial charge on any atom is 0.416 e. The van der Waals surface area contributed by atoms with Gasteiger partial charge in [0.05, 0.1) is 5.56 Å². The molecule has 0 aliphatic carbocycles. The molecule has 1 aromatic carbocycles. The van der Waals surface area contributed by atoms with Gasteiger partial charge in [-0.3, -0.25) is 0 Å². The lowest BCUT2D eigenvalue weighted by Gasteiger charge is -2.10. The number of nitrogens with zero attached hydrogens (tertiary/aromatic N) is 2. The zero-order chi connectivity index (χ0) is 14.0. The molecule has 0 radical (unpaired) electrons. The zero-order valence-electron chi connectivity index (χ0n) is 9.17. The molecule has 3 nitrogen and oxygen atoms in total. The molecule has 1 heterocycles. The summed E-state index contributed by atoms with van der Waals surface area (Å²) in [5.41, 5.74) is -0.538. The highest BCUT2D eigenvalue weighted by Gasteiger charge is 2.30. The second-order valence-electron chi connectivity index (χ2n) is 3.55. The minimum Gasteiger partial charge on any atom is -0.340 e. The van der Waals surface area contributed by atoms with Crippen LogP contribution in [-0.2, 0) is 6.18 Å². The number of hydrogen-bond donors (Lipinski definition) is 1. The van der Waals surface area contributed by atoms with Crippen LogP contribution in [-0.4, -0.2) is 9.97 Å². The summed E-state index contributed by atoms with van der Waals surface area (Å²) >= 11 is 11.3. The third-order valence-electron chi connectivity index (χ3n) is 2.13. The normalized spacial score (nSPS) is 11.4. The van der Waals surface area contributed by atoms with E-state index in [0.29, 0.717) is 0 Å². The van der Waals surface area contributed by atoms with Gasteiger partial charge in [0.2, 0.25) is 5.28 Å². The summed E-state index contributed by atoms with van der Waals surface area (Å²) in [5, 5.41) is 2.67. The Hall–Kier alpha value is -1.53. The Morgan fingerprint density at radius 2 is 1.79 bits per heavy atom. The molecule has 0 saturated carbocycles. The number of hydrogen-bond acceptors (Lipinski definition) is 3. The number of rotatable bonds is 2. The van der Waals surface area contributed by atoms with E-state index < -0.39 is 11.7 Å². The van der Waals surface area contributed by atoms with Gasteiger partial charge in [-0.15, -0.1) is 0 Å². The molecule has 0 aliphatic heterocycles. The lowest BCUT2D eigenvalue weighted by atomic mass is 10.2. The van der Waals surface area contributed by atoms with Gasteiger partial charge >= 0.3 is 6.18 Å². The summed E-state index contributed by atoms with van der Waals surface area (Å²) in [6.07, 6.45) is -4.40. The standard InChI is InChI=1S/C11H6Cl2F3N3/c12-8-5-9(19-10(13)18-8)17-7-3-1-2-6(4-7)11(14,15)16/h1-5H,(H,17,18,19). The Labute approximate surface area is 116 Å². The fraction of sp³-hybridized carbons (Fsp3) is 0.0909. The summed E-state index contributed by atoms with van der Waals surface area (Å²) in [5.74, 6) is 0.212. The molecule has 0 amide bonds. The first-order valence-electron chi connectivity index (χ1n) is 4.99. The first kappa shape index (κ1) is 13.9. The van der Waals surface area contributed by atoms with Gasteiger partial charge < -0.3 is 5.32 Å². The van der Waals surface area contributed by atoms with Gasteiger partial charge in [-0.25, -0.2) is 9.97 Å². The Bertz CT molecular complexity index is 582. The van der Waals surface area contributed by atoms with E-state index in [1.807, 2.05) is 0 Å². The smallest absolute Gasteiger partial charge is 0.340 e. The van der Waals surface area contributed by atoms with Crippen molar-refractivity contribution in [3.05, 3.63) is 46.3 Å². The predicted molar refractivity (Wildman–Crippen MR) is 66.8 cm³/mol. The Balaban J connectivity index is 2.28. The van der Waals surface area contributed by atoms with Crippen molar-refractivity contribution in [2.24, 2.45) is 0 Å². The molecule has 0 atom stereocenters. The van der Waals surface area contributed by atoms with Crippen LogP contribution in [0.5, 0.6) is 0 Å². The van der Waals surface area contributed by atoms with E-state index in [1.165, 1.54) is 18.2 Å². The van der Waals surface area contributed by atoms with Crippen LogP contribution in [0.15, 0.2) is 30.3 Å². The third-order valence-corrected chi connectivity index (χ3v) is 2.49. The number of halogens is 5. The molecule has 0 aliphatic rings. The predicted octanol–water partition coefficient (Wildman–Crippen LogP) is 4.55. The highest BCUT2D eigenvalue weighted by atomic mass is 35.5. The lowest BCUT2D eigenvalue weighted by molar-refractivity contribution is -0.137. The van der Waals surface area contributed by atoms with Gasteiger partial charge in [-0.1, -0.05) is 17.7 Å². The van der Waals surface area contributed by atoms with Crippen molar-refractivity contribution in [2.75, 3.05) is 5.32 Å². The number of aromatic nitrogens is 2. The topological polar surface area (TPSA) is 37.8 Å². The molecular formula is C11H6Cl2F3N3. The maximum absolute atomic E-state index is 12.5. The molecule has 2 aromatic rings. The van der Waals surface area contributed by atoms with Gasteiger partial charge in [-0.2, -0.15) is 13.2 Å². The Morgan fingerprint density at radius 3 is 2.42 bits per heavy atom. The molecule has 0 bridgehead atoms. The SMILES string of the molecule is FC(F)(F)c1cccc(Nc2cc(Cl)nc(Cl)n2)c1. The Morgan fingerprint density at radius 1 is 1.05 bits per heavy atom. The van der Waals surface area contributed by atoms with Crippen molar-refractivity contribution in [1.29, 1.82) is 0 Å². The second-order valence-corrected chi connectivity index (χ2v) is 4.27. The van der Waals surface area contributed by atoms with Crippen molar-refractivity contribution in [3.63, 3.8) is 0 Å². The molecule has 1 N–H and O–H groups in total. The highest BCUT2D eigenvalue weighted by Crippen LogP contribution is 2.31. The minimum absolute atomic E-state index is 0.0921. The fourth-order valence-corrected chi connectivity index (χ4v) is 1.78. The van der Waals surface area contributed by atoms with Crippen LogP contribution in [0.3, 0.4) is 0 Å². The summed E-state index contributed by atoms with van der Waals surface area (Å²) in [7, 11) is 0. The molecule has 100 valence electrons. The summed E-state index contributed by atoms with van der Waals surface area (Å²) < 4.78 is 37.6. The molecule has 19 heavy (non-hydrogen) atoms. The van der Waals surface area contributed by atoms with E-state index >= 15 is 0 Å². The van der Waals surface area contributed by atoms with Gasteiger partial charge in [0.15, 0.2) is 0 Å². The molecule has 2 rings (SSSR count). The molecule has 0 unspecified atom stereocenters. The average molecular weight is 308 g/mol. The maximum atomic E-state index is 12.5. The van der Waals surface area contributed by atoms with E-state index in [1.54, 1.807) is 0 Å². The van der Waals surface area contributed by atoms with Gasteiger partial charge in [0.1, 0.15) is 11.0 Å². The van der Waals surface area contributed by atoms with Gasteiger partial charge in [0, 0.05) is 11.8 Å². The zero-order valence-corrected chi connectivity index (χ0v) is 10.7. The van der Waals surface area contributed by atoms with Crippen molar-refractivity contribution in [1.82, 2.24) is 9.97 Å². The molecule has 0 saturated heterocycles. The van der Waals surface area contributed by atoms with Crippen LogP contribution in [0, 0.1) is 0 Å². The van der Waals surface area contributed by atoms with E-state index in [-0.39, 0.29) is 21.9 Å². The monoisotopic (exact) mass is 307 g/mol. The van der Waals surface area contributed by atoms with E-state index in [4.69, 9.17) is 23.2 Å². The number of anilines is 2. The number of nitrogens with one attached hydrogen (secondary N) is 1. The molecule has 0 fully saturated rings.